The lowest BCUT2D eigenvalue weighted by molar-refractivity contribution is -0.146. The van der Waals surface area contributed by atoms with Gasteiger partial charge in [-0.1, -0.05) is 13.8 Å². The van der Waals surface area contributed by atoms with Crippen molar-refractivity contribution in [3.63, 3.8) is 0 Å². The van der Waals surface area contributed by atoms with E-state index in [0.29, 0.717) is 0 Å². The molecule has 0 aromatic heterocycles. The van der Waals surface area contributed by atoms with Crippen LogP contribution < -0.4 is 5.32 Å². The molecule has 4 nitrogen and oxygen atoms in total. The minimum Gasteiger partial charge on any atom is -0.480 e. The lowest BCUT2D eigenvalue weighted by Crippen LogP contribution is -2.62. The molecule has 0 saturated heterocycles. The van der Waals surface area contributed by atoms with Crippen LogP contribution in [0.1, 0.15) is 46.5 Å². The largest absolute Gasteiger partial charge is 0.480 e. The highest BCUT2D eigenvalue weighted by Gasteiger charge is 2.50. The predicted octanol–water partition coefficient (Wildman–Crippen LogP) is 1.38. The quantitative estimate of drug-likeness (QED) is 0.617. The standard InChI is InChI=1S/C12H23NO3/c1-4-12(5-2,8-14)13-11(3,10(15)16)9-6-7-9/h9,13-14H,4-8H2,1-3H3,(H,15,16). The molecule has 1 aliphatic carbocycles. The SMILES string of the molecule is CCC(CC)(CO)NC(C)(C(=O)O)C1CC1. The minimum atomic E-state index is -0.894. The van der Waals surface area contributed by atoms with E-state index in [0.717, 1.165) is 25.7 Å². The van der Waals surface area contributed by atoms with Crippen molar-refractivity contribution in [2.45, 2.75) is 57.5 Å². The first-order valence-corrected chi connectivity index (χ1v) is 6.07. The van der Waals surface area contributed by atoms with Crippen molar-refractivity contribution in [3.05, 3.63) is 0 Å². The van der Waals surface area contributed by atoms with E-state index in [1.165, 1.54) is 0 Å². The van der Waals surface area contributed by atoms with Crippen LogP contribution in [-0.4, -0.2) is 33.9 Å². The van der Waals surface area contributed by atoms with Crippen LogP contribution in [0.15, 0.2) is 0 Å². The molecule has 94 valence electrons. The Morgan fingerprint density at radius 1 is 1.38 bits per heavy atom. The Kier molecular flexibility index (Phi) is 3.97. The second kappa shape index (κ2) is 4.72. The molecule has 1 aliphatic rings. The first-order valence-electron chi connectivity index (χ1n) is 6.07. The van der Waals surface area contributed by atoms with Crippen molar-refractivity contribution >= 4 is 5.97 Å². The fraction of sp³-hybridized carbons (Fsp3) is 0.917. The van der Waals surface area contributed by atoms with Crippen molar-refractivity contribution in [2.24, 2.45) is 5.92 Å². The number of hydrogen-bond donors (Lipinski definition) is 3. The number of nitrogens with one attached hydrogen (secondary N) is 1. The van der Waals surface area contributed by atoms with E-state index in [-0.39, 0.29) is 12.5 Å². The van der Waals surface area contributed by atoms with Gasteiger partial charge in [0.1, 0.15) is 5.54 Å². The van der Waals surface area contributed by atoms with Gasteiger partial charge >= 0.3 is 5.97 Å². The molecule has 0 aromatic carbocycles. The van der Waals surface area contributed by atoms with E-state index in [1.807, 2.05) is 13.8 Å². The smallest absolute Gasteiger partial charge is 0.323 e. The lowest BCUT2D eigenvalue weighted by atomic mass is 9.86. The summed E-state index contributed by atoms with van der Waals surface area (Å²) in [6, 6.07) is 0. The van der Waals surface area contributed by atoms with Gasteiger partial charge in [0.2, 0.25) is 0 Å². The van der Waals surface area contributed by atoms with Gasteiger partial charge in [0.25, 0.3) is 0 Å². The molecule has 1 atom stereocenters. The number of carboxylic acid groups (broad SMARTS) is 1. The highest BCUT2D eigenvalue weighted by molar-refractivity contribution is 5.79. The Balaban J connectivity index is 2.85. The van der Waals surface area contributed by atoms with Crippen LogP contribution in [0.4, 0.5) is 0 Å². The zero-order valence-corrected chi connectivity index (χ0v) is 10.4. The molecule has 0 aliphatic heterocycles. The molecule has 1 unspecified atom stereocenters. The Bertz CT molecular complexity index is 251. The van der Waals surface area contributed by atoms with Crippen molar-refractivity contribution in [3.8, 4) is 0 Å². The van der Waals surface area contributed by atoms with Gasteiger partial charge in [-0.15, -0.1) is 0 Å². The third kappa shape index (κ3) is 2.38. The van der Waals surface area contributed by atoms with E-state index >= 15 is 0 Å². The molecule has 3 N–H and O–H groups in total. The fourth-order valence-electron chi connectivity index (χ4n) is 2.23. The second-order valence-corrected chi connectivity index (χ2v) is 5.05. The number of aliphatic carboxylic acids is 1. The summed E-state index contributed by atoms with van der Waals surface area (Å²) in [6.45, 7) is 5.67. The molecule has 1 fully saturated rings. The summed E-state index contributed by atoms with van der Waals surface area (Å²) >= 11 is 0. The van der Waals surface area contributed by atoms with Crippen molar-refractivity contribution in [2.75, 3.05) is 6.61 Å². The molecule has 0 bridgehead atoms. The topological polar surface area (TPSA) is 69.6 Å². The third-order valence-corrected chi connectivity index (χ3v) is 4.02. The number of aliphatic hydroxyl groups is 1. The van der Waals surface area contributed by atoms with Gasteiger partial charge in [-0.3, -0.25) is 10.1 Å². The molecular formula is C12H23NO3. The fourth-order valence-corrected chi connectivity index (χ4v) is 2.23. The summed E-state index contributed by atoms with van der Waals surface area (Å²) in [6.07, 6.45) is 3.39. The van der Waals surface area contributed by atoms with Gasteiger partial charge < -0.3 is 10.2 Å². The van der Waals surface area contributed by atoms with Gasteiger partial charge in [-0.05, 0) is 38.5 Å². The maximum Gasteiger partial charge on any atom is 0.323 e. The lowest BCUT2D eigenvalue weighted by Gasteiger charge is -2.39. The molecule has 16 heavy (non-hydrogen) atoms. The number of hydrogen-bond acceptors (Lipinski definition) is 3. The first-order chi connectivity index (χ1) is 7.44. The maximum atomic E-state index is 11.4. The summed E-state index contributed by atoms with van der Waals surface area (Å²) in [4.78, 5) is 11.4. The number of carboxylic acids is 1. The van der Waals surface area contributed by atoms with Crippen molar-refractivity contribution in [1.29, 1.82) is 0 Å². The van der Waals surface area contributed by atoms with Crippen molar-refractivity contribution < 1.29 is 15.0 Å². The monoisotopic (exact) mass is 229 g/mol. The van der Waals surface area contributed by atoms with E-state index in [2.05, 4.69) is 5.32 Å². The molecular weight excluding hydrogens is 206 g/mol. The van der Waals surface area contributed by atoms with Crippen LogP contribution in [0.25, 0.3) is 0 Å². The Labute approximate surface area is 97.0 Å². The number of aliphatic hydroxyl groups excluding tert-OH is 1. The number of rotatable bonds is 7. The van der Waals surface area contributed by atoms with E-state index in [9.17, 15) is 15.0 Å². The first kappa shape index (κ1) is 13.5. The minimum absolute atomic E-state index is 0.0183. The Morgan fingerprint density at radius 2 is 1.88 bits per heavy atom. The Hall–Kier alpha value is -0.610. The van der Waals surface area contributed by atoms with Crippen LogP contribution >= 0.6 is 0 Å². The predicted molar refractivity (Wildman–Crippen MR) is 62.3 cm³/mol. The summed E-state index contributed by atoms with van der Waals surface area (Å²) in [5.74, 6) is -0.608. The van der Waals surface area contributed by atoms with E-state index in [4.69, 9.17) is 0 Å². The molecule has 0 aromatic rings. The highest BCUT2D eigenvalue weighted by Crippen LogP contribution is 2.41. The van der Waals surface area contributed by atoms with Gasteiger partial charge in [-0.25, -0.2) is 0 Å². The van der Waals surface area contributed by atoms with Gasteiger partial charge in [0, 0.05) is 5.54 Å². The summed E-state index contributed by atoms with van der Waals surface area (Å²) in [5.41, 5.74) is -1.36. The van der Waals surface area contributed by atoms with Crippen LogP contribution in [0, 0.1) is 5.92 Å². The zero-order valence-electron chi connectivity index (χ0n) is 10.4. The van der Waals surface area contributed by atoms with Gasteiger partial charge in [-0.2, -0.15) is 0 Å². The average molecular weight is 229 g/mol. The molecule has 1 saturated carbocycles. The average Bonchev–Trinajstić information content (AvgIpc) is 3.09. The van der Waals surface area contributed by atoms with Gasteiger partial charge in [0.05, 0.1) is 6.61 Å². The number of carbonyl (C=O) groups is 1. The maximum absolute atomic E-state index is 11.4. The normalized spacial score (nSPS) is 20.5. The molecule has 0 spiro atoms. The van der Waals surface area contributed by atoms with E-state index in [1.54, 1.807) is 6.92 Å². The highest BCUT2D eigenvalue weighted by atomic mass is 16.4. The summed E-state index contributed by atoms with van der Waals surface area (Å²) < 4.78 is 0. The van der Waals surface area contributed by atoms with Gasteiger partial charge in [0.15, 0.2) is 0 Å². The van der Waals surface area contributed by atoms with Crippen molar-refractivity contribution in [1.82, 2.24) is 5.32 Å². The second-order valence-electron chi connectivity index (χ2n) is 5.05. The van der Waals surface area contributed by atoms with Crippen LogP contribution in [0.5, 0.6) is 0 Å². The van der Waals surface area contributed by atoms with Crippen LogP contribution in [0.3, 0.4) is 0 Å². The third-order valence-electron chi connectivity index (χ3n) is 4.02. The van der Waals surface area contributed by atoms with E-state index < -0.39 is 17.0 Å². The summed E-state index contributed by atoms with van der Waals surface area (Å²) in [7, 11) is 0. The Morgan fingerprint density at radius 3 is 2.12 bits per heavy atom. The molecule has 1 rings (SSSR count). The van der Waals surface area contributed by atoms with Crippen LogP contribution in [-0.2, 0) is 4.79 Å². The van der Waals surface area contributed by atoms with Crippen LogP contribution in [0.2, 0.25) is 0 Å². The zero-order chi connectivity index (χ0) is 12.4. The molecule has 0 radical (unpaired) electrons. The summed E-state index contributed by atoms with van der Waals surface area (Å²) in [5, 5.41) is 22.0. The molecule has 4 heteroatoms. The molecule has 0 heterocycles. The molecule has 0 amide bonds.